The van der Waals surface area contributed by atoms with Gasteiger partial charge in [-0.05, 0) is 38.3 Å². The number of hydrogen-bond donors (Lipinski definition) is 0. The van der Waals surface area contributed by atoms with E-state index in [4.69, 9.17) is 0 Å². The van der Waals surface area contributed by atoms with Gasteiger partial charge in [0.1, 0.15) is 4.90 Å². The fraction of sp³-hybridized carbons (Fsp3) is 0.684. The second-order valence-electron chi connectivity index (χ2n) is 7.92. The summed E-state index contributed by atoms with van der Waals surface area (Å²) in [5.41, 5.74) is 0. The van der Waals surface area contributed by atoms with Crippen LogP contribution in [0, 0.1) is 0 Å². The lowest BCUT2D eigenvalue weighted by atomic mass is 10.2. The summed E-state index contributed by atoms with van der Waals surface area (Å²) >= 11 is 1.24. The Morgan fingerprint density at radius 3 is 2.43 bits per heavy atom. The minimum Gasteiger partial charge on any atom is -0.341 e. The van der Waals surface area contributed by atoms with Crippen molar-refractivity contribution in [1.82, 2.24) is 14.2 Å². The first kappa shape index (κ1) is 23.5. The maximum atomic E-state index is 12.8. The third-order valence-electron chi connectivity index (χ3n) is 5.66. The Bertz CT molecular complexity index is 956. The zero-order valence-corrected chi connectivity index (χ0v) is 19.8. The predicted molar refractivity (Wildman–Crippen MR) is 117 cm³/mol. The molecular formula is C19H29N3O5S3. The molecule has 0 spiro atoms. The predicted octanol–water partition coefficient (Wildman–Crippen LogP) is 1.77. The standard InChI is InChI=1S/C19H29N3O5S3/c1-15(19(23)21(2)16-9-12-29(24,25)14-16)28-18-8-7-17(13-20-18)30(26,27)22-10-5-3-4-6-11-22/h7-8,13,15-16H,3-6,9-12,14H2,1-2H3. The largest absolute Gasteiger partial charge is 0.341 e. The van der Waals surface area contributed by atoms with Gasteiger partial charge in [0.15, 0.2) is 9.84 Å². The first-order chi connectivity index (χ1) is 14.1. The van der Waals surface area contributed by atoms with Crippen molar-refractivity contribution in [1.29, 1.82) is 0 Å². The Labute approximate surface area is 183 Å². The number of amides is 1. The fourth-order valence-corrected chi connectivity index (χ4v) is 7.93. The summed E-state index contributed by atoms with van der Waals surface area (Å²) in [6.07, 6.45) is 5.66. The highest BCUT2D eigenvalue weighted by molar-refractivity contribution is 8.00. The molecule has 2 saturated heterocycles. The summed E-state index contributed by atoms with van der Waals surface area (Å²) in [5.74, 6) is -0.0376. The second kappa shape index (κ2) is 9.54. The third kappa shape index (κ3) is 5.54. The number of thioether (sulfide) groups is 1. The van der Waals surface area contributed by atoms with E-state index < -0.39 is 25.1 Å². The van der Waals surface area contributed by atoms with Crippen molar-refractivity contribution in [3.8, 4) is 0 Å². The van der Waals surface area contributed by atoms with E-state index in [0.29, 0.717) is 24.5 Å². The number of nitrogens with zero attached hydrogens (tertiary/aromatic N) is 3. The highest BCUT2D eigenvalue weighted by Crippen LogP contribution is 2.27. The van der Waals surface area contributed by atoms with Gasteiger partial charge in [0, 0.05) is 32.4 Å². The van der Waals surface area contributed by atoms with Crippen LogP contribution < -0.4 is 0 Å². The van der Waals surface area contributed by atoms with Crippen molar-refractivity contribution in [2.75, 3.05) is 31.6 Å². The van der Waals surface area contributed by atoms with E-state index >= 15 is 0 Å². The lowest BCUT2D eigenvalue weighted by Gasteiger charge is -2.26. The zero-order chi connectivity index (χ0) is 21.9. The molecule has 2 atom stereocenters. The number of sulfonamides is 1. The lowest BCUT2D eigenvalue weighted by molar-refractivity contribution is -0.130. The van der Waals surface area contributed by atoms with Crippen LogP contribution in [0.25, 0.3) is 0 Å². The maximum Gasteiger partial charge on any atom is 0.244 e. The van der Waals surface area contributed by atoms with Gasteiger partial charge < -0.3 is 4.90 Å². The molecule has 3 heterocycles. The van der Waals surface area contributed by atoms with Gasteiger partial charge in [-0.25, -0.2) is 21.8 Å². The summed E-state index contributed by atoms with van der Waals surface area (Å²) in [6, 6.07) is 2.87. The molecular weight excluding hydrogens is 446 g/mol. The second-order valence-corrected chi connectivity index (χ2v) is 13.4. The Hall–Kier alpha value is -1.17. The van der Waals surface area contributed by atoms with E-state index in [1.807, 2.05) is 0 Å². The summed E-state index contributed by atoms with van der Waals surface area (Å²) in [5, 5.41) is 0.0944. The minimum atomic E-state index is -3.55. The highest BCUT2D eigenvalue weighted by atomic mass is 32.2. The van der Waals surface area contributed by atoms with Crippen molar-refractivity contribution in [3.05, 3.63) is 18.3 Å². The molecule has 8 nitrogen and oxygen atoms in total. The van der Waals surface area contributed by atoms with E-state index in [9.17, 15) is 21.6 Å². The molecule has 2 aliphatic rings. The van der Waals surface area contributed by atoms with Crippen LogP contribution in [0.2, 0.25) is 0 Å². The van der Waals surface area contributed by atoms with Crippen LogP contribution in [-0.2, 0) is 24.7 Å². The van der Waals surface area contributed by atoms with Crippen molar-refractivity contribution in [3.63, 3.8) is 0 Å². The molecule has 11 heteroatoms. The van der Waals surface area contributed by atoms with E-state index in [2.05, 4.69) is 4.98 Å². The number of rotatable bonds is 6. The van der Waals surface area contributed by atoms with Gasteiger partial charge in [0.2, 0.25) is 15.9 Å². The molecule has 1 aromatic heterocycles. The van der Waals surface area contributed by atoms with Gasteiger partial charge in [0.05, 0.1) is 21.8 Å². The monoisotopic (exact) mass is 475 g/mol. The molecule has 0 aromatic carbocycles. The molecule has 168 valence electrons. The van der Waals surface area contributed by atoms with Gasteiger partial charge in [0.25, 0.3) is 0 Å². The van der Waals surface area contributed by atoms with E-state index in [0.717, 1.165) is 25.7 Å². The topological polar surface area (TPSA) is 105 Å². The Morgan fingerprint density at radius 2 is 1.90 bits per heavy atom. The number of aromatic nitrogens is 1. The van der Waals surface area contributed by atoms with Crippen LogP contribution in [0.1, 0.15) is 39.0 Å². The quantitative estimate of drug-likeness (QED) is 0.578. The van der Waals surface area contributed by atoms with Crippen molar-refractivity contribution in [2.45, 2.75) is 60.2 Å². The minimum absolute atomic E-state index is 0.00787. The molecule has 2 fully saturated rings. The zero-order valence-electron chi connectivity index (χ0n) is 17.4. The molecule has 30 heavy (non-hydrogen) atoms. The van der Waals surface area contributed by atoms with Gasteiger partial charge >= 0.3 is 0 Å². The number of pyridine rings is 1. The molecule has 0 N–H and O–H groups in total. The fourth-order valence-electron chi connectivity index (χ4n) is 3.80. The van der Waals surface area contributed by atoms with Crippen LogP contribution in [-0.4, -0.2) is 79.9 Å². The number of carbonyl (C=O) groups excluding carboxylic acids is 1. The Balaban J connectivity index is 1.62. The molecule has 0 aliphatic carbocycles. The van der Waals surface area contributed by atoms with E-state index in [-0.39, 0.29) is 28.4 Å². The average molecular weight is 476 g/mol. The number of carbonyl (C=O) groups is 1. The van der Waals surface area contributed by atoms with Crippen LogP contribution in [0.4, 0.5) is 0 Å². The summed E-state index contributed by atoms with van der Waals surface area (Å²) in [4.78, 5) is 18.6. The summed E-state index contributed by atoms with van der Waals surface area (Å²) in [6.45, 7) is 2.82. The highest BCUT2D eigenvalue weighted by Gasteiger charge is 2.34. The van der Waals surface area contributed by atoms with Crippen molar-refractivity contribution >= 4 is 37.5 Å². The first-order valence-electron chi connectivity index (χ1n) is 10.2. The SMILES string of the molecule is CC(Sc1ccc(S(=O)(=O)N2CCCCCC2)cn1)C(=O)N(C)C1CCS(=O)(=O)C1. The Morgan fingerprint density at radius 1 is 1.23 bits per heavy atom. The van der Waals surface area contributed by atoms with Crippen molar-refractivity contribution in [2.24, 2.45) is 0 Å². The van der Waals surface area contributed by atoms with E-state index in [1.54, 1.807) is 26.1 Å². The van der Waals surface area contributed by atoms with E-state index in [1.165, 1.54) is 27.2 Å². The molecule has 1 amide bonds. The average Bonchev–Trinajstić information content (AvgIpc) is 2.90. The van der Waals surface area contributed by atoms with Crippen molar-refractivity contribution < 1.29 is 21.6 Å². The number of hydrogen-bond acceptors (Lipinski definition) is 7. The molecule has 0 bridgehead atoms. The smallest absolute Gasteiger partial charge is 0.244 e. The van der Waals surface area contributed by atoms with Crippen LogP contribution in [0.3, 0.4) is 0 Å². The van der Waals surface area contributed by atoms with Gasteiger partial charge in [-0.2, -0.15) is 4.31 Å². The Kier molecular flexibility index (Phi) is 7.47. The molecule has 0 radical (unpaired) electrons. The van der Waals surface area contributed by atoms with Crippen LogP contribution in [0.15, 0.2) is 28.3 Å². The lowest BCUT2D eigenvalue weighted by Crippen LogP contribution is -2.41. The first-order valence-corrected chi connectivity index (χ1v) is 14.3. The normalized spacial score (nSPS) is 23.6. The van der Waals surface area contributed by atoms with Gasteiger partial charge in [-0.1, -0.05) is 24.6 Å². The molecule has 2 aliphatic heterocycles. The molecule has 1 aromatic rings. The van der Waals surface area contributed by atoms with Gasteiger partial charge in [-0.15, -0.1) is 0 Å². The molecule has 2 unspecified atom stereocenters. The third-order valence-corrected chi connectivity index (χ3v) is 10.3. The van der Waals surface area contributed by atoms with Gasteiger partial charge in [-0.3, -0.25) is 4.79 Å². The van der Waals surface area contributed by atoms with Crippen LogP contribution >= 0.6 is 11.8 Å². The van der Waals surface area contributed by atoms with Crippen LogP contribution in [0.5, 0.6) is 0 Å². The summed E-state index contributed by atoms with van der Waals surface area (Å²) < 4.78 is 50.5. The maximum absolute atomic E-state index is 12.8. The molecule has 0 saturated carbocycles. The molecule has 3 rings (SSSR count). The number of sulfone groups is 1. The summed E-state index contributed by atoms with van der Waals surface area (Å²) in [7, 11) is -4.98.